The maximum atomic E-state index is 12.2. The lowest BCUT2D eigenvalue weighted by molar-refractivity contribution is -0.136. The van der Waals surface area contributed by atoms with Gasteiger partial charge in [0.05, 0.1) is 6.07 Å². The van der Waals surface area contributed by atoms with Crippen molar-refractivity contribution < 1.29 is 9.59 Å². The first-order valence-corrected chi connectivity index (χ1v) is 10.0. The molecule has 1 aromatic carbocycles. The number of carbonyl (C=O) groups is 2. The Labute approximate surface area is 179 Å². The zero-order valence-corrected chi connectivity index (χ0v) is 17.1. The van der Waals surface area contributed by atoms with Crippen molar-refractivity contribution in [3.63, 3.8) is 0 Å². The van der Waals surface area contributed by atoms with Crippen LogP contribution in [0.3, 0.4) is 0 Å². The van der Waals surface area contributed by atoms with Crippen LogP contribution < -0.4 is 16.4 Å². The van der Waals surface area contributed by atoms with Gasteiger partial charge in [-0.25, -0.2) is 4.98 Å². The lowest BCUT2D eigenvalue weighted by atomic mass is 9.99. The Balaban J connectivity index is 1.48. The van der Waals surface area contributed by atoms with E-state index in [2.05, 4.69) is 26.7 Å². The van der Waals surface area contributed by atoms with Crippen molar-refractivity contribution >= 4 is 34.1 Å². The summed E-state index contributed by atoms with van der Waals surface area (Å²) in [7, 11) is 0. The first kappa shape index (κ1) is 20.3. The molecule has 3 aromatic rings. The second-order valence-corrected chi connectivity index (χ2v) is 7.83. The molecule has 1 saturated carbocycles. The van der Waals surface area contributed by atoms with Gasteiger partial charge in [-0.1, -0.05) is 0 Å². The molecule has 8 heteroatoms. The number of aromatic nitrogens is 2. The van der Waals surface area contributed by atoms with Crippen LogP contribution in [0, 0.1) is 30.1 Å². The molecule has 0 saturated heterocycles. The lowest BCUT2D eigenvalue weighted by Gasteiger charge is -2.11. The summed E-state index contributed by atoms with van der Waals surface area (Å²) in [6, 6.07) is 9.57. The van der Waals surface area contributed by atoms with Crippen molar-refractivity contribution in [2.24, 2.45) is 11.8 Å². The number of pyridine rings is 2. The second-order valence-electron chi connectivity index (χ2n) is 7.83. The number of rotatable bonds is 5. The number of nitrogen functional groups attached to an aromatic ring is 1. The molecule has 2 amide bonds. The third-order valence-electron chi connectivity index (χ3n) is 5.61. The zero-order chi connectivity index (χ0) is 22.0. The monoisotopic (exact) mass is 414 g/mol. The molecule has 1 aliphatic carbocycles. The summed E-state index contributed by atoms with van der Waals surface area (Å²) in [5.41, 5.74) is 9.73. The van der Waals surface area contributed by atoms with Gasteiger partial charge in [-0.3, -0.25) is 14.6 Å². The summed E-state index contributed by atoms with van der Waals surface area (Å²) >= 11 is 0. The average molecular weight is 414 g/mol. The van der Waals surface area contributed by atoms with Crippen molar-refractivity contribution in [2.45, 2.75) is 19.8 Å². The number of hydrogen-bond acceptors (Lipinski definition) is 6. The molecule has 0 radical (unpaired) electrons. The van der Waals surface area contributed by atoms with E-state index in [0.29, 0.717) is 24.6 Å². The van der Waals surface area contributed by atoms with Crippen LogP contribution in [0.15, 0.2) is 42.9 Å². The Morgan fingerprint density at radius 1 is 1.23 bits per heavy atom. The first-order valence-electron chi connectivity index (χ1n) is 10.0. The molecule has 0 aliphatic heterocycles. The van der Waals surface area contributed by atoms with Crippen LogP contribution in [-0.4, -0.2) is 28.3 Å². The molecule has 0 spiro atoms. The average Bonchev–Trinajstić information content (AvgIpc) is 3.50. The predicted octanol–water partition coefficient (Wildman–Crippen LogP) is 2.79. The van der Waals surface area contributed by atoms with E-state index in [-0.39, 0.29) is 11.7 Å². The molecule has 1 unspecified atom stereocenters. The fourth-order valence-electron chi connectivity index (χ4n) is 3.68. The van der Waals surface area contributed by atoms with Gasteiger partial charge in [-0.2, -0.15) is 5.26 Å². The van der Waals surface area contributed by atoms with E-state index in [1.54, 1.807) is 24.7 Å². The fraction of sp³-hybridized carbons (Fsp3) is 0.261. The van der Waals surface area contributed by atoms with Gasteiger partial charge in [-0.15, -0.1) is 0 Å². The minimum atomic E-state index is -0.781. The molecule has 4 rings (SSSR count). The van der Waals surface area contributed by atoms with E-state index >= 15 is 0 Å². The summed E-state index contributed by atoms with van der Waals surface area (Å²) in [4.78, 5) is 32.7. The number of aryl methyl sites for hydroxylation is 1. The highest BCUT2D eigenvalue weighted by Crippen LogP contribution is 2.40. The van der Waals surface area contributed by atoms with Crippen LogP contribution in [0.25, 0.3) is 21.9 Å². The minimum Gasteiger partial charge on any atom is -0.398 e. The van der Waals surface area contributed by atoms with Crippen molar-refractivity contribution in [3.8, 4) is 17.2 Å². The molecule has 2 atom stereocenters. The van der Waals surface area contributed by atoms with E-state index in [9.17, 15) is 9.59 Å². The van der Waals surface area contributed by atoms with Gasteiger partial charge in [0.2, 0.25) is 0 Å². The normalized spacial score (nSPS) is 17.0. The molecular weight excluding hydrogens is 392 g/mol. The molecular formula is C23H22N6O2. The molecule has 1 aliphatic rings. The number of carbonyl (C=O) groups excluding carboxylic acids is 2. The third-order valence-corrected chi connectivity index (χ3v) is 5.61. The Kier molecular flexibility index (Phi) is 5.50. The molecule has 2 heterocycles. The van der Waals surface area contributed by atoms with Crippen LogP contribution in [0.4, 0.5) is 11.5 Å². The van der Waals surface area contributed by atoms with Gasteiger partial charge in [0.1, 0.15) is 5.82 Å². The Hall–Kier alpha value is -3.99. The van der Waals surface area contributed by atoms with Crippen LogP contribution >= 0.6 is 0 Å². The van der Waals surface area contributed by atoms with Crippen molar-refractivity contribution in [1.82, 2.24) is 15.3 Å². The number of nitrogens with two attached hydrogens (primary N) is 1. The molecule has 1 fully saturated rings. The van der Waals surface area contributed by atoms with Gasteiger partial charge in [0.25, 0.3) is 0 Å². The number of fused-ring (bicyclic) bond motifs is 1. The van der Waals surface area contributed by atoms with E-state index in [4.69, 9.17) is 11.0 Å². The summed E-state index contributed by atoms with van der Waals surface area (Å²) in [5, 5.41) is 15.4. The molecule has 156 valence electrons. The quantitative estimate of drug-likeness (QED) is 0.434. The second kappa shape index (κ2) is 8.40. The van der Waals surface area contributed by atoms with Crippen LogP contribution in [0.1, 0.15) is 18.4 Å². The summed E-state index contributed by atoms with van der Waals surface area (Å²) in [6.45, 7) is 2.40. The lowest BCUT2D eigenvalue weighted by Crippen LogP contribution is -2.36. The highest BCUT2D eigenvalue weighted by Gasteiger charge is 2.36. The number of hydrogen-bond donors (Lipinski definition) is 3. The maximum Gasteiger partial charge on any atom is 0.314 e. The Morgan fingerprint density at radius 3 is 2.84 bits per heavy atom. The van der Waals surface area contributed by atoms with Crippen molar-refractivity contribution in [1.29, 1.82) is 5.26 Å². The number of nitrogens with one attached hydrogen (secondary N) is 2. The molecule has 4 N–H and O–H groups in total. The summed E-state index contributed by atoms with van der Waals surface area (Å²) in [5.74, 6) is -0.646. The van der Waals surface area contributed by atoms with Crippen LogP contribution in [-0.2, 0) is 9.59 Å². The summed E-state index contributed by atoms with van der Waals surface area (Å²) < 4.78 is 0. The molecule has 8 nitrogen and oxygen atoms in total. The SMILES string of the molecule is Cc1ccncc1-c1cc(N)c2cnc(NC(=O)C(=O)NC[C@H]3CC3CC#N)cc2c1. The van der Waals surface area contributed by atoms with Gasteiger partial charge in [0.15, 0.2) is 0 Å². The predicted molar refractivity (Wildman–Crippen MR) is 118 cm³/mol. The van der Waals surface area contributed by atoms with Crippen molar-refractivity contribution in [3.05, 3.63) is 48.4 Å². The zero-order valence-electron chi connectivity index (χ0n) is 17.1. The molecule has 31 heavy (non-hydrogen) atoms. The number of benzene rings is 1. The highest BCUT2D eigenvalue weighted by molar-refractivity contribution is 6.39. The number of nitrogens with zero attached hydrogens (tertiary/aromatic N) is 3. The standard InChI is InChI=1S/C23H22N6O2/c1-13-3-5-26-11-18(13)15-7-16-9-21(27-12-19(16)20(25)8-15)29-23(31)22(30)28-10-17-6-14(17)2-4-24/h3,5,7-9,11-12,14,17H,2,6,10,25H2,1H3,(H,28,30)(H,27,29,31)/t14?,17-/m1/s1. The molecule has 2 aromatic heterocycles. The van der Waals surface area contributed by atoms with Crippen LogP contribution in [0.2, 0.25) is 0 Å². The fourth-order valence-corrected chi connectivity index (χ4v) is 3.68. The summed E-state index contributed by atoms with van der Waals surface area (Å²) in [6.07, 6.45) is 6.48. The highest BCUT2D eigenvalue weighted by atomic mass is 16.2. The first-order chi connectivity index (χ1) is 15.0. The van der Waals surface area contributed by atoms with Crippen LogP contribution in [0.5, 0.6) is 0 Å². The number of anilines is 2. The van der Waals surface area contributed by atoms with E-state index in [0.717, 1.165) is 33.9 Å². The molecule has 0 bridgehead atoms. The third kappa shape index (κ3) is 4.46. The van der Waals surface area contributed by atoms with Gasteiger partial charge in [-0.05, 0) is 66.0 Å². The smallest absolute Gasteiger partial charge is 0.314 e. The Bertz CT molecular complexity index is 1220. The van der Waals surface area contributed by atoms with E-state index in [1.165, 1.54) is 0 Å². The Morgan fingerprint density at radius 2 is 2.06 bits per heavy atom. The van der Waals surface area contributed by atoms with Crippen molar-refractivity contribution in [2.75, 3.05) is 17.6 Å². The van der Waals surface area contributed by atoms with E-state index in [1.807, 2.05) is 25.1 Å². The topological polar surface area (TPSA) is 134 Å². The van der Waals surface area contributed by atoms with Gasteiger partial charge in [0, 0.05) is 48.2 Å². The number of amides is 2. The number of nitriles is 1. The minimum absolute atomic E-state index is 0.265. The van der Waals surface area contributed by atoms with E-state index < -0.39 is 11.8 Å². The maximum absolute atomic E-state index is 12.2. The largest absolute Gasteiger partial charge is 0.398 e. The van der Waals surface area contributed by atoms with Gasteiger partial charge >= 0.3 is 11.8 Å². The van der Waals surface area contributed by atoms with Gasteiger partial charge < -0.3 is 16.4 Å².